The first kappa shape index (κ1) is 8.94. The summed E-state index contributed by atoms with van der Waals surface area (Å²) in [4.78, 5) is 12.6. The quantitative estimate of drug-likeness (QED) is 0.632. The second-order valence-electron chi connectivity index (χ2n) is 3.34. The molecule has 72 valence electrons. The minimum atomic E-state index is -0.296. The molecule has 1 aliphatic heterocycles. The van der Waals surface area contributed by atoms with Gasteiger partial charge in [-0.05, 0) is 29.3 Å². The predicted octanol–water partition coefficient (Wildman–Crippen LogP) is 1.98. The van der Waals surface area contributed by atoms with Crippen LogP contribution in [0.5, 0.6) is 0 Å². The molecule has 2 nitrogen and oxygen atoms in total. The van der Waals surface area contributed by atoms with Crippen LogP contribution in [0.4, 0.5) is 4.39 Å². The third kappa shape index (κ3) is 1.31. The molecule has 1 atom stereocenters. The fourth-order valence-corrected chi connectivity index (χ4v) is 1.64. The average molecular weight is 191 g/mol. The molecular weight excluding hydrogens is 181 g/mol. The summed E-state index contributed by atoms with van der Waals surface area (Å²) in [6, 6.07) is 4.18. The number of likely N-dealkylation sites (N-methyl/N-ethyl adjacent to an activating group) is 1. The number of benzene rings is 1. The maximum absolute atomic E-state index is 12.9. The molecule has 0 fully saturated rings. The lowest BCUT2D eigenvalue weighted by Crippen LogP contribution is -2.23. The SMILES string of the molecule is CN1C=Cc2cc(F)ccc2C1C=O. The van der Waals surface area contributed by atoms with Gasteiger partial charge in [-0.1, -0.05) is 6.07 Å². The van der Waals surface area contributed by atoms with Gasteiger partial charge >= 0.3 is 0 Å². The summed E-state index contributed by atoms with van der Waals surface area (Å²) < 4.78 is 12.9. The first-order valence-electron chi connectivity index (χ1n) is 4.37. The van der Waals surface area contributed by atoms with Crippen molar-refractivity contribution in [3.63, 3.8) is 0 Å². The molecule has 0 N–H and O–H groups in total. The lowest BCUT2D eigenvalue weighted by atomic mass is 9.97. The Morgan fingerprint density at radius 2 is 2.29 bits per heavy atom. The number of hydrogen-bond acceptors (Lipinski definition) is 2. The Morgan fingerprint density at radius 1 is 1.50 bits per heavy atom. The van der Waals surface area contributed by atoms with E-state index in [0.717, 1.165) is 17.4 Å². The molecule has 0 amide bonds. The number of carbonyl (C=O) groups excluding carboxylic acids is 1. The predicted molar refractivity (Wildman–Crippen MR) is 52.0 cm³/mol. The van der Waals surface area contributed by atoms with Crippen LogP contribution in [-0.2, 0) is 4.79 Å². The Balaban J connectivity index is 2.54. The lowest BCUT2D eigenvalue weighted by Gasteiger charge is -2.27. The van der Waals surface area contributed by atoms with Crippen LogP contribution in [0.2, 0.25) is 0 Å². The number of aldehydes is 1. The zero-order valence-electron chi connectivity index (χ0n) is 7.77. The van der Waals surface area contributed by atoms with Crippen molar-refractivity contribution in [2.24, 2.45) is 0 Å². The van der Waals surface area contributed by atoms with Gasteiger partial charge in [0.1, 0.15) is 18.1 Å². The van der Waals surface area contributed by atoms with Gasteiger partial charge in [-0.2, -0.15) is 0 Å². The van der Waals surface area contributed by atoms with Crippen LogP contribution in [0.1, 0.15) is 17.2 Å². The molecule has 1 aromatic carbocycles. The van der Waals surface area contributed by atoms with Crippen molar-refractivity contribution >= 4 is 12.4 Å². The van der Waals surface area contributed by atoms with Crippen LogP contribution < -0.4 is 0 Å². The monoisotopic (exact) mass is 191 g/mol. The van der Waals surface area contributed by atoms with Crippen LogP contribution in [0, 0.1) is 5.82 Å². The standard InChI is InChI=1S/C11H10FNO/c1-13-5-4-8-6-9(12)2-3-10(8)11(13)7-14/h2-7,11H,1H3. The Bertz CT molecular complexity index is 400. The molecule has 1 heterocycles. The second kappa shape index (κ2) is 3.25. The molecule has 3 heteroatoms. The number of rotatable bonds is 1. The molecule has 1 aliphatic rings. The van der Waals surface area contributed by atoms with E-state index in [1.165, 1.54) is 12.1 Å². The maximum Gasteiger partial charge on any atom is 0.146 e. The van der Waals surface area contributed by atoms with Crippen molar-refractivity contribution in [2.45, 2.75) is 6.04 Å². The number of carbonyl (C=O) groups is 1. The van der Waals surface area contributed by atoms with Crippen molar-refractivity contribution in [2.75, 3.05) is 7.05 Å². The Morgan fingerprint density at radius 3 is 3.00 bits per heavy atom. The number of fused-ring (bicyclic) bond motifs is 1. The molecule has 0 saturated heterocycles. The first-order chi connectivity index (χ1) is 6.72. The van der Waals surface area contributed by atoms with Gasteiger partial charge in [-0.3, -0.25) is 0 Å². The molecule has 0 spiro atoms. The second-order valence-corrected chi connectivity index (χ2v) is 3.34. The van der Waals surface area contributed by atoms with Gasteiger partial charge in [0, 0.05) is 13.2 Å². The van der Waals surface area contributed by atoms with E-state index < -0.39 is 0 Å². The number of halogens is 1. The molecule has 1 aromatic rings. The Kier molecular flexibility index (Phi) is 2.08. The zero-order chi connectivity index (χ0) is 10.1. The summed E-state index contributed by atoms with van der Waals surface area (Å²) >= 11 is 0. The van der Waals surface area contributed by atoms with Gasteiger partial charge in [0.05, 0.1) is 0 Å². The maximum atomic E-state index is 12.9. The van der Waals surface area contributed by atoms with Gasteiger partial charge in [0.25, 0.3) is 0 Å². The molecule has 0 aromatic heterocycles. The largest absolute Gasteiger partial charge is 0.367 e. The molecule has 2 rings (SSSR count). The van der Waals surface area contributed by atoms with Crippen molar-refractivity contribution in [3.8, 4) is 0 Å². The van der Waals surface area contributed by atoms with Crippen molar-refractivity contribution < 1.29 is 9.18 Å². The molecule has 0 saturated carbocycles. The fourth-order valence-electron chi connectivity index (χ4n) is 1.64. The highest BCUT2D eigenvalue weighted by atomic mass is 19.1. The van der Waals surface area contributed by atoms with E-state index in [-0.39, 0.29) is 11.9 Å². The lowest BCUT2D eigenvalue weighted by molar-refractivity contribution is -0.111. The summed E-state index contributed by atoms with van der Waals surface area (Å²) in [7, 11) is 1.82. The van der Waals surface area contributed by atoms with Gasteiger partial charge in [0.15, 0.2) is 0 Å². The van der Waals surface area contributed by atoms with Crippen LogP contribution in [0.15, 0.2) is 24.4 Å². The summed E-state index contributed by atoms with van der Waals surface area (Å²) in [5, 5.41) is 0. The zero-order valence-corrected chi connectivity index (χ0v) is 7.77. The van der Waals surface area contributed by atoms with E-state index in [1.54, 1.807) is 23.2 Å². The van der Waals surface area contributed by atoms with E-state index in [4.69, 9.17) is 0 Å². The van der Waals surface area contributed by atoms with Crippen LogP contribution in [-0.4, -0.2) is 18.2 Å². The van der Waals surface area contributed by atoms with E-state index in [2.05, 4.69) is 0 Å². The van der Waals surface area contributed by atoms with E-state index in [1.807, 2.05) is 7.05 Å². The third-order valence-corrected chi connectivity index (χ3v) is 2.42. The van der Waals surface area contributed by atoms with Crippen molar-refractivity contribution in [1.82, 2.24) is 4.90 Å². The van der Waals surface area contributed by atoms with Crippen molar-refractivity contribution in [1.29, 1.82) is 0 Å². The Labute approximate surface area is 81.6 Å². The topological polar surface area (TPSA) is 20.3 Å². The molecular formula is C11H10FNO. The summed E-state index contributed by atoms with van der Waals surface area (Å²) in [5.74, 6) is -0.275. The summed E-state index contributed by atoms with van der Waals surface area (Å²) in [6.45, 7) is 0. The Hall–Kier alpha value is -1.64. The van der Waals surface area contributed by atoms with Crippen LogP contribution in [0.25, 0.3) is 6.08 Å². The molecule has 0 aliphatic carbocycles. The fraction of sp³-hybridized carbons (Fsp3) is 0.182. The van der Waals surface area contributed by atoms with Crippen LogP contribution in [0.3, 0.4) is 0 Å². The number of nitrogens with zero attached hydrogens (tertiary/aromatic N) is 1. The highest BCUT2D eigenvalue weighted by Crippen LogP contribution is 2.27. The normalized spacial score (nSPS) is 19.3. The van der Waals surface area contributed by atoms with E-state index in [0.29, 0.717) is 0 Å². The molecule has 14 heavy (non-hydrogen) atoms. The van der Waals surface area contributed by atoms with Gasteiger partial charge in [0.2, 0.25) is 0 Å². The smallest absolute Gasteiger partial charge is 0.146 e. The van der Waals surface area contributed by atoms with Gasteiger partial charge in [-0.25, -0.2) is 4.39 Å². The van der Waals surface area contributed by atoms with Gasteiger partial charge < -0.3 is 9.69 Å². The first-order valence-corrected chi connectivity index (χ1v) is 4.37. The molecule has 0 bridgehead atoms. The van der Waals surface area contributed by atoms with Crippen molar-refractivity contribution in [3.05, 3.63) is 41.3 Å². The van der Waals surface area contributed by atoms with Gasteiger partial charge in [-0.15, -0.1) is 0 Å². The summed E-state index contributed by atoms with van der Waals surface area (Å²) in [6.07, 6.45) is 4.44. The third-order valence-electron chi connectivity index (χ3n) is 2.42. The summed E-state index contributed by atoms with van der Waals surface area (Å²) in [5.41, 5.74) is 1.63. The number of hydrogen-bond donors (Lipinski definition) is 0. The average Bonchev–Trinajstić information content (AvgIpc) is 2.18. The molecule has 1 unspecified atom stereocenters. The minimum Gasteiger partial charge on any atom is -0.367 e. The molecule has 0 radical (unpaired) electrons. The van der Waals surface area contributed by atoms with E-state index >= 15 is 0 Å². The van der Waals surface area contributed by atoms with E-state index in [9.17, 15) is 9.18 Å². The minimum absolute atomic E-state index is 0.275. The highest BCUT2D eigenvalue weighted by Gasteiger charge is 2.20. The highest BCUT2D eigenvalue weighted by molar-refractivity contribution is 5.69. The van der Waals surface area contributed by atoms with Crippen LogP contribution >= 0.6 is 0 Å².